The highest BCUT2D eigenvalue weighted by Gasteiger charge is 2.18. The predicted octanol–water partition coefficient (Wildman–Crippen LogP) is 5.04. The molecular formula is C18H23N3OS3. The molecule has 1 aliphatic rings. The van der Waals surface area contributed by atoms with E-state index in [9.17, 15) is 4.79 Å². The average Bonchev–Trinajstić information content (AvgIpc) is 3.24. The number of nitrogens with zero attached hydrogens (tertiary/aromatic N) is 2. The molecule has 1 aromatic heterocycles. The number of carbonyl (C=O) groups excluding carboxylic acids is 1. The lowest BCUT2D eigenvalue weighted by Gasteiger charge is -2.11. The Kier molecular flexibility index (Phi) is 6.78. The number of carbonyl (C=O) groups is 1. The molecule has 1 unspecified atom stereocenters. The largest absolute Gasteiger partial charge is 0.325 e. The Morgan fingerprint density at radius 3 is 2.92 bits per heavy atom. The van der Waals surface area contributed by atoms with Crippen LogP contribution in [0.3, 0.4) is 0 Å². The molecule has 4 nitrogen and oxygen atoms in total. The number of rotatable bonds is 8. The molecule has 1 aliphatic carbocycles. The highest BCUT2D eigenvalue weighted by molar-refractivity contribution is 8.03. The monoisotopic (exact) mass is 393 g/mol. The molecule has 134 valence electrons. The van der Waals surface area contributed by atoms with E-state index in [4.69, 9.17) is 0 Å². The lowest BCUT2D eigenvalue weighted by atomic mass is 10.1. The van der Waals surface area contributed by atoms with Crippen LogP contribution in [0.2, 0.25) is 0 Å². The van der Waals surface area contributed by atoms with Crippen molar-refractivity contribution in [2.75, 3.05) is 11.1 Å². The third kappa shape index (κ3) is 5.21. The fourth-order valence-corrected chi connectivity index (χ4v) is 6.02. The van der Waals surface area contributed by atoms with Gasteiger partial charge in [0.25, 0.3) is 0 Å². The summed E-state index contributed by atoms with van der Waals surface area (Å²) in [6, 6.07) is 6.26. The van der Waals surface area contributed by atoms with E-state index in [1.54, 1.807) is 23.1 Å². The van der Waals surface area contributed by atoms with Crippen LogP contribution >= 0.6 is 34.9 Å². The molecule has 7 heteroatoms. The maximum atomic E-state index is 12.5. The van der Waals surface area contributed by atoms with Crippen LogP contribution in [-0.4, -0.2) is 27.1 Å². The Hall–Kier alpha value is -1.05. The van der Waals surface area contributed by atoms with Gasteiger partial charge in [-0.2, -0.15) is 0 Å². The van der Waals surface area contributed by atoms with Crippen molar-refractivity contribution in [2.45, 2.75) is 59.9 Å². The van der Waals surface area contributed by atoms with Gasteiger partial charge in [0.05, 0.1) is 5.25 Å². The van der Waals surface area contributed by atoms with Gasteiger partial charge in [-0.15, -0.1) is 10.2 Å². The van der Waals surface area contributed by atoms with Gasteiger partial charge in [0.2, 0.25) is 5.91 Å². The summed E-state index contributed by atoms with van der Waals surface area (Å²) in [7, 11) is 0. The van der Waals surface area contributed by atoms with Crippen molar-refractivity contribution >= 4 is 46.5 Å². The topological polar surface area (TPSA) is 54.9 Å². The molecule has 0 fully saturated rings. The van der Waals surface area contributed by atoms with Crippen LogP contribution in [0.5, 0.6) is 0 Å². The van der Waals surface area contributed by atoms with E-state index < -0.39 is 0 Å². The van der Waals surface area contributed by atoms with Crippen LogP contribution < -0.4 is 5.32 Å². The minimum atomic E-state index is -0.199. The lowest BCUT2D eigenvalue weighted by molar-refractivity contribution is -0.115. The number of nitrogens with one attached hydrogen (secondary N) is 1. The number of hydrogen-bond acceptors (Lipinski definition) is 6. The van der Waals surface area contributed by atoms with Crippen molar-refractivity contribution in [3.63, 3.8) is 0 Å². The second-order valence-corrected chi connectivity index (χ2v) is 10.0. The van der Waals surface area contributed by atoms with E-state index in [1.165, 1.54) is 42.2 Å². The minimum Gasteiger partial charge on any atom is -0.325 e. The summed E-state index contributed by atoms with van der Waals surface area (Å²) in [5, 5.41) is 11.2. The van der Waals surface area contributed by atoms with E-state index in [0.717, 1.165) is 33.0 Å². The van der Waals surface area contributed by atoms with Gasteiger partial charge in [0.1, 0.15) is 0 Å². The summed E-state index contributed by atoms with van der Waals surface area (Å²) >= 11 is 4.80. The van der Waals surface area contributed by atoms with Crippen molar-refractivity contribution in [3.8, 4) is 0 Å². The minimum absolute atomic E-state index is 0.0123. The van der Waals surface area contributed by atoms with E-state index in [2.05, 4.69) is 34.6 Å². The highest BCUT2D eigenvalue weighted by Crippen LogP contribution is 2.32. The molecule has 1 aromatic carbocycles. The summed E-state index contributed by atoms with van der Waals surface area (Å²) < 4.78 is 1.85. The van der Waals surface area contributed by atoms with Gasteiger partial charge in [0.15, 0.2) is 8.68 Å². The number of amides is 1. The quantitative estimate of drug-likeness (QED) is 0.503. The van der Waals surface area contributed by atoms with Gasteiger partial charge in [-0.25, -0.2) is 0 Å². The molecule has 1 N–H and O–H groups in total. The van der Waals surface area contributed by atoms with Gasteiger partial charge >= 0.3 is 0 Å². The Labute approximate surface area is 161 Å². The summed E-state index contributed by atoms with van der Waals surface area (Å²) in [5.41, 5.74) is 3.68. The van der Waals surface area contributed by atoms with E-state index in [1.807, 2.05) is 13.0 Å². The molecule has 0 aliphatic heterocycles. The molecular weight excluding hydrogens is 370 g/mol. The van der Waals surface area contributed by atoms with Crippen LogP contribution in [0.4, 0.5) is 5.69 Å². The first-order valence-corrected chi connectivity index (χ1v) is 11.4. The van der Waals surface area contributed by atoms with Crippen LogP contribution in [0.15, 0.2) is 26.9 Å². The third-order valence-electron chi connectivity index (χ3n) is 4.12. The first kappa shape index (κ1) is 18.7. The summed E-state index contributed by atoms with van der Waals surface area (Å²) in [6.07, 6.45) is 5.87. The number of benzene rings is 1. The van der Waals surface area contributed by atoms with Crippen molar-refractivity contribution in [1.82, 2.24) is 10.2 Å². The van der Waals surface area contributed by atoms with Gasteiger partial charge in [-0.3, -0.25) is 4.79 Å². The van der Waals surface area contributed by atoms with Crippen LogP contribution in [0, 0.1) is 0 Å². The van der Waals surface area contributed by atoms with Gasteiger partial charge in [-0.1, -0.05) is 54.3 Å². The number of aryl methyl sites for hydroxylation is 2. The van der Waals surface area contributed by atoms with Crippen molar-refractivity contribution in [1.29, 1.82) is 0 Å². The fraction of sp³-hybridized carbons (Fsp3) is 0.500. The standard InChI is InChI=1S/C18H23N3OS3/c1-3-4-10-23-17-20-21-18(25-17)24-12(2)16(22)19-15-9-8-13-6-5-7-14(13)11-15/h8-9,11-12H,3-7,10H2,1-2H3,(H,19,22). The number of anilines is 1. The first-order valence-electron chi connectivity index (χ1n) is 8.71. The smallest absolute Gasteiger partial charge is 0.237 e. The lowest BCUT2D eigenvalue weighted by Crippen LogP contribution is -2.22. The van der Waals surface area contributed by atoms with Crippen molar-refractivity contribution < 1.29 is 4.79 Å². The second kappa shape index (κ2) is 9.05. The molecule has 25 heavy (non-hydrogen) atoms. The number of hydrogen-bond donors (Lipinski definition) is 1. The number of aromatic nitrogens is 2. The zero-order valence-electron chi connectivity index (χ0n) is 14.6. The zero-order chi connectivity index (χ0) is 17.6. The maximum absolute atomic E-state index is 12.5. The Bertz CT molecular complexity index is 732. The van der Waals surface area contributed by atoms with Crippen LogP contribution in [0.1, 0.15) is 44.2 Å². The normalized spacial score (nSPS) is 14.3. The average molecular weight is 394 g/mol. The number of unbranched alkanes of at least 4 members (excludes halogenated alkanes) is 1. The van der Waals surface area contributed by atoms with E-state index in [-0.39, 0.29) is 11.2 Å². The Balaban J connectivity index is 1.52. The molecule has 0 saturated carbocycles. The van der Waals surface area contributed by atoms with Crippen LogP contribution in [-0.2, 0) is 17.6 Å². The molecule has 3 rings (SSSR count). The van der Waals surface area contributed by atoms with E-state index >= 15 is 0 Å². The molecule has 1 amide bonds. The van der Waals surface area contributed by atoms with E-state index in [0.29, 0.717) is 0 Å². The molecule has 1 heterocycles. The molecule has 0 radical (unpaired) electrons. The molecule has 0 spiro atoms. The molecule has 0 saturated heterocycles. The zero-order valence-corrected chi connectivity index (χ0v) is 17.0. The van der Waals surface area contributed by atoms with Crippen LogP contribution in [0.25, 0.3) is 0 Å². The maximum Gasteiger partial charge on any atom is 0.237 e. The first-order chi connectivity index (χ1) is 12.2. The highest BCUT2D eigenvalue weighted by atomic mass is 32.2. The number of fused-ring (bicyclic) bond motifs is 1. The van der Waals surface area contributed by atoms with Crippen molar-refractivity contribution in [2.24, 2.45) is 0 Å². The SMILES string of the molecule is CCCCSc1nnc(SC(C)C(=O)Nc2ccc3c(c2)CCC3)s1. The molecule has 0 bridgehead atoms. The van der Waals surface area contributed by atoms with Gasteiger partial charge < -0.3 is 5.32 Å². The summed E-state index contributed by atoms with van der Waals surface area (Å²) in [4.78, 5) is 12.5. The Morgan fingerprint density at radius 1 is 1.28 bits per heavy atom. The second-order valence-electron chi connectivity index (χ2n) is 6.12. The van der Waals surface area contributed by atoms with Gasteiger partial charge in [0, 0.05) is 11.4 Å². The summed E-state index contributed by atoms with van der Waals surface area (Å²) in [5.74, 6) is 1.09. The predicted molar refractivity (Wildman–Crippen MR) is 108 cm³/mol. The van der Waals surface area contributed by atoms with Crippen molar-refractivity contribution in [3.05, 3.63) is 29.3 Å². The summed E-state index contributed by atoms with van der Waals surface area (Å²) in [6.45, 7) is 4.10. The fourth-order valence-electron chi connectivity index (χ4n) is 2.71. The Morgan fingerprint density at radius 2 is 2.08 bits per heavy atom. The van der Waals surface area contributed by atoms with Gasteiger partial charge in [-0.05, 0) is 55.9 Å². The molecule has 1 atom stereocenters. The number of thioether (sulfide) groups is 2. The molecule has 2 aromatic rings. The third-order valence-corrected chi connectivity index (χ3v) is 7.45.